The molecule has 90 valence electrons. The summed E-state index contributed by atoms with van der Waals surface area (Å²) in [5.74, 6) is 2.99. The molecule has 0 aromatic heterocycles. The number of rotatable bonds is 0. The van der Waals surface area contributed by atoms with Gasteiger partial charge in [-0.3, -0.25) is 0 Å². The van der Waals surface area contributed by atoms with Crippen LogP contribution in [0.3, 0.4) is 0 Å². The summed E-state index contributed by atoms with van der Waals surface area (Å²) in [6, 6.07) is 0. The number of hydrogen-bond acceptors (Lipinski definition) is 1. The molecule has 0 N–H and O–H groups in total. The van der Waals surface area contributed by atoms with Crippen LogP contribution in [0.1, 0.15) is 47.5 Å². The Hall–Kier alpha value is 1.08. The highest BCUT2D eigenvalue weighted by Gasteiger charge is 2.59. The molecule has 2 heteroatoms. The van der Waals surface area contributed by atoms with Gasteiger partial charge in [-0.25, -0.2) is 0 Å². The maximum absolute atomic E-state index is 2.48. The van der Waals surface area contributed by atoms with Crippen LogP contribution >= 0.6 is 30.1 Å². The van der Waals surface area contributed by atoms with Gasteiger partial charge < -0.3 is 0 Å². The highest BCUT2D eigenvalue weighted by Crippen LogP contribution is 2.67. The van der Waals surface area contributed by atoms with Gasteiger partial charge in [0.2, 0.25) is 0 Å². The maximum Gasteiger partial charge on any atom is -0.00450 e. The van der Waals surface area contributed by atoms with Gasteiger partial charge >= 0.3 is 0 Å². The lowest BCUT2D eigenvalue weighted by molar-refractivity contribution is 0.0119. The van der Waals surface area contributed by atoms with E-state index in [0.717, 1.165) is 17.8 Å². The molecule has 0 saturated heterocycles. The molecule has 3 unspecified atom stereocenters. The summed E-state index contributed by atoms with van der Waals surface area (Å²) in [6.07, 6.45) is 5.02. The van der Waals surface area contributed by atoms with Crippen molar-refractivity contribution in [1.82, 2.24) is 0 Å². The van der Waals surface area contributed by atoms with Crippen LogP contribution in [0.5, 0.6) is 0 Å². The van der Waals surface area contributed by atoms with Gasteiger partial charge in [0.15, 0.2) is 0 Å². The smallest absolute Gasteiger partial charge is 0.00450 e. The molecule has 0 nitrogen and oxygen atoms in total. The minimum Gasteiger partial charge on any atom is -0.0928 e. The third kappa shape index (κ3) is 2.22. The first-order valence-electron chi connectivity index (χ1n) is 5.93. The van der Waals surface area contributed by atoms with Gasteiger partial charge in [0.1, 0.15) is 0 Å². The van der Waals surface area contributed by atoms with E-state index in [1.54, 1.807) is 8.93 Å². The Labute approximate surface area is 112 Å². The van der Waals surface area contributed by atoms with Crippen LogP contribution in [0.2, 0.25) is 0 Å². The molecule has 0 aromatic rings. The van der Waals surface area contributed by atoms with Crippen LogP contribution in [-0.4, -0.2) is 6.26 Å². The molecule has 0 spiro atoms. The average molecular weight is 340 g/mol. The fraction of sp³-hybridized carbons (Fsp3) is 1.00. The predicted molar refractivity (Wildman–Crippen MR) is 80.5 cm³/mol. The standard InChI is InChI=1S/C12H22.CH3IS/c1-8-6-9-7-10(8)12(4,5)11(9,2)3;1-3-2/h8-10H,6-7H2,1-5H3;1H3. The molecular weight excluding hydrogens is 315 g/mol. The van der Waals surface area contributed by atoms with Crippen molar-refractivity contribution in [2.45, 2.75) is 47.5 Å². The lowest BCUT2D eigenvalue weighted by Crippen LogP contribution is -2.40. The van der Waals surface area contributed by atoms with Crippen molar-refractivity contribution in [2.75, 3.05) is 6.26 Å². The molecule has 0 aromatic carbocycles. The lowest BCUT2D eigenvalue weighted by atomic mass is 9.57. The fourth-order valence-corrected chi connectivity index (χ4v) is 3.85. The molecule has 0 radical (unpaired) electrons. The summed E-state index contributed by atoms with van der Waals surface area (Å²) < 4.78 is 0. The molecule has 2 aliphatic rings. The maximum atomic E-state index is 2.48. The third-order valence-electron chi connectivity index (χ3n) is 5.49. The van der Waals surface area contributed by atoms with E-state index in [4.69, 9.17) is 0 Å². The topological polar surface area (TPSA) is 0 Å². The van der Waals surface area contributed by atoms with Crippen molar-refractivity contribution in [3.63, 3.8) is 0 Å². The SMILES string of the molecule is CC1CC2CC1C(C)(C)C2(C)C.CSI. The van der Waals surface area contributed by atoms with Crippen molar-refractivity contribution < 1.29 is 0 Å². The van der Waals surface area contributed by atoms with Gasteiger partial charge in [-0.2, -0.15) is 0 Å². The van der Waals surface area contributed by atoms with E-state index in [0.29, 0.717) is 10.8 Å². The van der Waals surface area contributed by atoms with Crippen LogP contribution < -0.4 is 0 Å². The second-order valence-electron chi connectivity index (χ2n) is 6.35. The third-order valence-corrected chi connectivity index (χ3v) is 5.49. The first-order chi connectivity index (χ1) is 6.79. The second kappa shape index (κ2) is 4.75. The van der Waals surface area contributed by atoms with Crippen LogP contribution in [-0.2, 0) is 0 Å². The second-order valence-corrected chi connectivity index (χ2v) is 9.30. The highest BCUT2D eigenvalue weighted by molar-refractivity contribution is 14.2. The van der Waals surface area contributed by atoms with E-state index < -0.39 is 0 Å². The summed E-state index contributed by atoms with van der Waals surface area (Å²) in [4.78, 5) is 0. The van der Waals surface area contributed by atoms with Gasteiger partial charge in [0, 0.05) is 0 Å². The van der Waals surface area contributed by atoms with E-state index in [1.165, 1.54) is 12.8 Å². The molecule has 0 amide bonds. The summed E-state index contributed by atoms with van der Waals surface area (Å²) in [7, 11) is 1.72. The van der Waals surface area contributed by atoms with Crippen LogP contribution in [0, 0.1) is 28.6 Å². The molecule has 0 heterocycles. The van der Waals surface area contributed by atoms with Crippen molar-refractivity contribution in [2.24, 2.45) is 28.6 Å². The number of hydrogen-bond donors (Lipinski definition) is 0. The Morgan fingerprint density at radius 1 is 1.07 bits per heavy atom. The lowest BCUT2D eigenvalue weighted by Gasteiger charge is -2.47. The van der Waals surface area contributed by atoms with E-state index in [1.807, 2.05) is 6.26 Å². The minimum atomic E-state index is 0.579. The molecule has 2 bridgehead atoms. The first-order valence-corrected chi connectivity index (χ1v) is 9.70. The average Bonchev–Trinajstić information content (AvgIpc) is 2.54. The number of fused-ring (bicyclic) bond motifs is 2. The zero-order chi connectivity index (χ0) is 11.9. The molecule has 2 saturated carbocycles. The monoisotopic (exact) mass is 340 g/mol. The van der Waals surface area contributed by atoms with Gasteiger partial charge in [-0.05, 0) is 68.9 Å². The largest absolute Gasteiger partial charge is 0.0928 e. The summed E-state index contributed by atoms with van der Waals surface area (Å²) in [6.45, 7) is 12.4. The van der Waals surface area contributed by atoms with E-state index in [-0.39, 0.29) is 0 Å². The fourth-order valence-electron chi connectivity index (χ4n) is 3.85. The van der Waals surface area contributed by atoms with Gasteiger partial charge in [0.25, 0.3) is 0 Å². The molecule has 0 aliphatic heterocycles. The Morgan fingerprint density at radius 2 is 1.53 bits per heavy atom. The predicted octanol–water partition coefficient (Wildman–Crippen LogP) is 5.41. The molecular formula is C13H25IS. The summed E-state index contributed by atoms with van der Waals surface area (Å²) in [5.41, 5.74) is 1.17. The number of halogens is 1. The highest BCUT2D eigenvalue weighted by atomic mass is 127. The van der Waals surface area contributed by atoms with E-state index in [9.17, 15) is 0 Å². The van der Waals surface area contributed by atoms with Crippen molar-refractivity contribution >= 4 is 30.1 Å². The summed E-state index contributed by atoms with van der Waals surface area (Å²) >= 11 is 2.20. The molecule has 2 aliphatic carbocycles. The first kappa shape index (κ1) is 14.1. The van der Waals surface area contributed by atoms with Crippen molar-refractivity contribution in [3.05, 3.63) is 0 Å². The van der Waals surface area contributed by atoms with Crippen molar-refractivity contribution in [1.29, 1.82) is 0 Å². The Kier molecular flexibility index (Phi) is 4.48. The molecule has 3 atom stereocenters. The molecule has 2 rings (SSSR count). The van der Waals surface area contributed by atoms with Crippen LogP contribution in [0.25, 0.3) is 0 Å². The van der Waals surface area contributed by atoms with E-state index >= 15 is 0 Å². The van der Waals surface area contributed by atoms with Crippen LogP contribution in [0.15, 0.2) is 0 Å². The normalized spacial score (nSPS) is 39.8. The Morgan fingerprint density at radius 3 is 1.80 bits per heavy atom. The summed E-state index contributed by atoms with van der Waals surface area (Å²) in [5, 5.41) is 0. The molecule has 2 fully saturated rings. The zero-order valence-electron chi connectivity index (χ0n) is 10.9. The Balaban J connectivity index is 0.000000337. The van der Waals surface area contributed by atoms with Crippen LogP contribution in [0.4, 0.5) is 0 Å². The van der Waals surface area contributed by atoms with E-state index in [2.05, 4.69) is 55.8 Å². The van der Waals surface area contributed by atoms with Gasteiger partial charge in [0.05, 0.1) is 0 Å². The van der Waals surface area contributed by atoms with Gasteiger partial charge in [-0.1, -0.05) is 43.6 Å². The van der Waals surface area contributed by atoms with Gasteiger partial charge in [-0.15, -0.1) is 0 Å². The zero-order valence-corrected chi connectivity index (χ0v) is 13.9. The van der Waals surface area contributed by atoms with Crippen molar-refractivity contribution in [3.8, 4) is 0 Å². The molecule has 15 heavy (non-hydrogen) atoms. The Bertz CT molecular complexity index is 223. The quantitative estimate of drug-likeness (QED) is 0.531. The minimum absolute atomic E-state index is 0.579.